The fourth-order valence-corrected chi connectivity index (χ4v) is 3.81. The van der Waals surface area contributed by atoms with Crippen LogP contribution in [0, 0.1) is 0 Å². The molecule has 31 heavy (non-hydrogen) atoms. The average Bonchev–Trinajstić information content (AvgIpc) is 3.49. The molecule has 2 heterocycles. The van der Waals surface area contributed by atoms with E-state index in [4.69, 9.17) is 9.15 Å². The van der Waals surface area contributed by atoms with Crippen molar-refractivity contribution >= 4 is 17.5 Å². The summed E-state index contributed by atoms with van der Waals surface area (Å²) >= 11 is 0. The summed E-state index contributed by atoms with van der Waals surface area (Å²) in [4.78, 5) is 26.9. The summed E-state index contributed by atoms with van der Waals surface area (Å²) in [7, 11) is 1.60. The van der Waals surface area contributed by atoms with E-state index in [1.807, 2.05) is 48.5 Å². The first-order valence-corrected chi connectivity index (χ1v) is 10.2. The summed E-state index contributed by atoms with van der Waals surface area (Å²) in [6, 6.07) is 19.0. The lowest BCUT2D eigenvalue weighted by molar-refractivity contribution is -0.139. The molecule has 0 bridgehead atoms. The largest absolute Gasteiger partial charge is 0.497 e. The van der Waals surface area contributed by atoms with Gasteiger partial charge in [0.15, 0.2) is 0 Å². The number of para-hydroxylation sites is 1. The fourth-order valence-electron chi connectivity index (χ4n) is 3.81. The van der Waals surface area contributed by atoms with Crippen LogP contribution < -0.4 is 20.3 Å². The summed E-state index contributed by atoms with van der Waals surface area (Å²) < 4.78 is 10.8. The molecule has 0 aliphatic carbocycles. The van der Waals surface area contributed by atoms with Crippen molar-refractivity contribution < 1.29 is 18.7 Å². The van der Waals surface area contributed by atoms with Crippen molar-refractivity contribution in [2.24, 2.45) is 0 Å². The Morgan fingerprint density at radius 1 is 1.03 bits per heavy atom. The predicted molar refractivity (Wildman–Crippen MR) is 117 cm³/mol. The van der Waals surface area contributed by atoms with Crippen LogP contribution in [0.2, 0.25) is 0 Å². The van der Waals surface area contributed by atoms with Crippen LogP contribution in [0.4, 0.5) is 5.69 Å². The Kier molecular flexibility index (Phi) is 6.21. The van der Waals surface area contributed by atoms with Crippen molar-refractivity contribution in [1.82, 2.24) is 10.6 Å². The standard InChI is InChI=1S/C24H25N3O4/c1-30-19-10-8-17(9-11-19)15-25-23(28)24(29)26-16-21(22-7-4-14-31-22)27-13-12-18-5-2-3-6-20(18)27/h2-11,14,21H,12-13,15-16H2,1H3,(H,25,28)(H,26,29). The SMILES string of the molecule is COc1ccc(CNC(=O)C(=O)NCC(c2ccco2)N2CCc3ccccc32)cc1. The van der Waals surface area contributed by atoms with Crippen LogP contribution in [0.15, 0.2) is 71.3 Å². The molecule has 0 radical (unpaired) electrons. The third-order valence-corrected chi connectivity index (χ3v) is 5.45. The highest BCUT2D eigenvalue weighted by Gasteiger charge is 2.29. The first kappa shape index (κ1) is 20.5. The summed E-state index contributed by atoms with van der Waals surface area (Å²) in [5, 5.41) is 5.41. The normalized spacial score (nSPS) is 13.4. The lowest BCUT2D eigenvalue weighted by atomic mass is 10.1. The molecule has 0 saturated heterocycles. The van der Waals surface area contributed by atoms with Gasteiger partial charge in [0.2, 0.25) is 0 Å². The van der Waals surface area contributed by atoms with E-state index in [-0.39, 0.29) is 19.1 Å². The van der Waals surface area contributed by atoms with E-state index >= 15 is 0 Å². The van der Waals surface area contributed by atoms with Crippen molar-refractivity contribution in [2.75, 3.05) is 25.1 Å². The first-order chi connectivity index (χ1) is 15.2. The van der Waals surface area contributed by atoms with Crippen LogP contribution in [0.1, 0.15) is 22.9 Å². The zero-order valence-corrected chi connectivity index (χ0v) is 17.3. The van der Waals surface area contributed by atoms with Gasteiger partial charge in [0.25, 0.3) is 0 Å². The van der Waals surface area contributed by atoms with Gasteiger partial charge in [-0.25, -0.2) is 0 Å². The molecule has 1 atom stereocenters. The molecule has 3 aromatic rings. The summed E-state index contributed by atoms with van der Waals surface area (Å²) in [6.07, 6.45) is 2.55. The van der Waals surface area contributed by atoms with Gasteiger partial charge in [0.05, 0.1) is 13.4 Å². The number of hydrogen-bond donors (Lipinski definition) is 2. The Hall–Kier alpha value is -3.74. The quantitative estimate of drug-likeness (QED) is 0.576. The highest BCUT2D eigenvalue weighted by atomic mass is 16.5. The van der Waals surface area contributed by atoms with Crippen LogP contribution in [0.5, 0.6) is 5.75 Å². The van der Waals surface area contributed by atoms with Gasteiger partial charge in [-0.2, -0.15) is 0 Å². The topological polar surface area (TPSA) is 83.8 Å². The maximum atomic E-state index is 12.4. The molecule has 7 nitrogen and oxygen atoms in total. The van der Waals surface area contributed by atoms with E-state index in [9.17, 15) is 9.59 Å². The summed E-state index contributed by atoms with van der Waals surface area (Å²) in [5.74, 6) is 0.143. The Balaban J connectivity index is 1.37. The van der Waals surface area contributed by atoms with Crippen LogP contribution >= 0.6 is 0 Å². The van der Waals surface area contributed by atoms with E-state index in [2.05, 4.69) is 27.7 Å². The van der Waals surface area contributed by atoms with Gasteiger partial charge in [-0.3, -0.25) is 9.59 Å². The number of fused-ring (bicyclic) bond motifs is 1. The van der Waals surface area contributed by atoms with E-state index in [0.717, 1.165) is 35.7 Å². The van der Waals surface area contributed by atoms with E-state index in [1.54, 1.807) is 13.4 Å². The molecular weight excluding hydrogens is 394 g/mol. The molecule has 1 aromatic heterocycles. The molecule has 160 valence electrons. The predicted octanol–water partition coefficient (Wildman–Crippen LogP) is 2.82. The minimum atomic E-state index is -0.671. The second-order valence-corrected chi connectivity index (χ2v) is 7.34. The van der Waals surface area contributed by atoms with Crippen LogP contribution in [0.3, 0.4) is 0 Å². The second-order valence-electron chi connectivity index (χ2n) is 7.34. The third-order valence-electron chi connectivity index (χ3n) is 5.45. The molecule has 1 aliphatic heterocycles. The number of furan rings is 1. The molecule has 4 rings (SSSR count). The van der Waals surface area contributed by atoms with Gasteiger partial charge in [-0.05, 0) is 47.9 Å². The number of anilines is 1. The minimum absolute atomic E-state index is 0.197. The number of carbonyl (C=O) groups is 2. The Morgan fingerprint density at radius 3 is 2.55 bits per heavy atom. The highest BCUT2D eigenvalue weighted by molar-refractivity contribution is 6.35. The lowest BCUT2D eigenvalue weighted by Crippen LogP contribution is -2.43. The summed E-state index contributed by atoms with van der Waals surface area (Å²) in [6.45, 7) is 1.35. The Morgan fingerprint density at radius 2 is 1.81 bits per heavy atom. The number of ether oxygens (including phenoxy) is 1. The minimum Gasteiger partial charge on any atom is -0.497 e. The van der Waals surface area contributed by atoms with Crippen molar-refractivity contribution in [1.29, 1.82) is 0 Å². The maximum Gasteiger partial charge on any atom is 0.309 e. The average molecular weight is 419 g/mol. The number of nitrogens with one attached hydrogen (secondary N) is 2. The van der Waals surface area contributed by atoms with Crippen LogP contribution in [0.25, 0.3) is 0 Å². The van der Waals surface area contributed by atoms with E-state index in [1.165, 1.54) is 5.56 Å². The van der Waals surface area contributed by atoms with Crippen LogP contribution in [-0.2, 0) is 22.6 Å². The van der Waals surface area contributed by atoms with E-state index in [0.29, 0.717) is 0 Å². The second kappa shape index (κ2) is 9.38. The number of methoxy groups -OCH3 is 1. The number of amides is 2. The Labute approximate surface area is 181 Å². The Bertz CT molecular complexity index is 1030. The van der Waals surface area contributed by atoms with Gasteiger partial charge in [-0.1, -0.05) is 30.3 Å². The molecule has 2 N–H and O–H groups in total. The van der Waals surface area contributed by atoms with Crippen molar-refractivity contribution in [2.45, 2.75) is 19.0 Å². The highest BCUT2D eigenvalue weighted by Crippen LogP contribution is 2.34. The molecule has 1 aliphatic rings. The van der Waals surface area contributed by atoms with E-state index < -0.39 is 11.8 Å². The molecule has 7 heteroatoms. The fraction of sp³-hybridized carbons (Fsp3) is 0.250. The number of benzene rings is 2. The first-order valence-electron chi connectivity index (χ1n) is 10.2. The van der Waals surface area contributed by atoms with Crippen molar-refractivity contribution in [3.05, 3.63) is 83.8 Å². The van der Waals surface area contributed by atoms with Gasteiger partial charge in [-0.15, -0.1) is 0 Å². The van der Waals surface area contributed by atoms with Gasteiger partial charge >= 0.3 is 11.8 Å². The third kappa shape index (κ3) is 4.71. The molecule has 2 amide bonds. The van der Waals surface area contributed by atoms with Gasteiger partial charge in [0.1, 0.15) is 17.6 Å². The molecule has 0 saturated carbocycles. The van der Waals surface area contributed by atoms with Gasteiger partial charge in [0, 0.05) is 25.3 Å². The maximum absolute atomic E-state index is 12.4. The molecular formula is C24H25N3O4. The van der Waals surface area contributed by atoms with Crippen molar-refractivity contribution in [3.63, 3.8) is 0 Å². The van der Waals surface area contributed by atoms with Crippen molar-refractivity contribution in [3.8, 4) is 5.75 Å². The zero-order chi connectivity index (χ0) is 21.6. The summed E-state index contributed by atoms with van der Waals surface area (Å²) in [5.41, 5.74) is 3.27. The monoisotopic (exact) mass is 419 g/mol. The number of rotatable bonds is 7. The number of hydrogen-bond acceptors (Lipinski definition) is 5. The lowest BCUT2D eigenvalue weighted by Gasteiger charge is -2.29. The molecule has 1 unspecified atom stereocenters. The smallest absolute Gasteiger partial charge is 0.309 e. The molecule has 0 fully saturated rings. The molecule has 2 aromatic carbocycles. The zero-order valence-electron chi connectivity index (χ0n) is 17.3. The molecule has 0 spiro atoms. The van der Waals surface area contributed by atoms with Crippen LogP contribution in [-0.4, -0.2) is 32.0 Å². The number of nitrogens with zero attached hydrogens (tertiary/aromatic N) is 1. The number of carbonyl (C=O) groups excluding carboxylic acids is 2. The van der Waals surface area contributed by atoms with Gasteiger partial charge < -0.3 is 24.7 Å².